The summed E-state index contributed by atoms with van der Waals surface area (Å²) in [6.07, 6.45) is 3.11. The number of aliphatic imine (C=N–C) groups is 1. The number of nitrogens with zero attached hydrogens (tertiary/aromatic N) is 2. The Hall–Kier alpha value is -3.05. The molecule has 0 spiro atoms. The molecule has 0 bridgehead atoms. The van der Waals surface area contributed by atoms with E-state index in [-0.39, 0.29) is 5.91 Å². The minimum atomic E-state index is -0.0495. The minimum absolute atomic E-state index is 0.0495. The lowest BCUT2D eigenvalue weighted by Gasteiger charge is -2.11. The number of carbonyl (C=O) groups is 1. The lowest BCUT2D eigenvalue weighted by atomic mass is 10.1. The Kier molecular flexibility index (Phi) is 6.58. The molecule has 0 aromatic heterocycles. The van der Waals surface area contributed by atoms with Crippen LogP contribution in [-0.4, -0.2) is 30.6 Å². The topological polar surface area (TPSA) is 70.7 Å². The molecule has 0 heterocycles. The van der Waals surface area contributed by atoms with Crippen molar-refractivity contribution in [2.75, 3.05) is 19.4 Å². The SMILES string of the molecule is C=C(N=C(/C=C\N)c1ccc(Cl)cc1)Nc1ccc(C(=O)N(C)C)cc1. The van der Waals surface area contributed by atoms with Gasteiger partial charge in [0, 0.05) is 35.9 Å². The molecule has 1 amide bonds. The molecule has 0 unspecified atom stereocenters. The molecule has 6 heteroatoms. The first-order valence-corrected chi connectivity index (χ1v) is 8.29. The van der Waals surface area contributed by atoms with Crippen LogP contribution in [0.2, 0.25) is 5.02 Å². The molecule has 0 aliphatic heterocycles. The Morgan fingerprint density at radius 1 is 1.12 bits per heavy atom. The van der Waals surface area contributed by atoms with Crippen LogP contribution in [0.25, 0.3) is 0 Å². The number of hydrogen-bond acceptors (Lipinski definition) is 4. The van der Waals surface area contributed by atoms with Crippen molar-refractivity contribution in [3.8, 4) is 0 Å². The second-order valence-corrected chi connectivity index (χ2v) is 6.15. The number of nitrogens with one attached hydrogen (secondary N) is 1. The molecule has 3 N–H and O–H groups in total. The van der Waals surface area contributed by atoms with Crippen molar-refractivity contribution in [1.82, 2.24) is 4.90 Å². The Morgan fingerprint density at radius 3 is 2.23 bits per heavy atom. The highest BCUT2D eigenvalue weighted by atomic mass is 35.5. The van der Waals surface area contributed by atoms with Crippen LogP contribution in [0.5, 0.6) is 0 Å². The predicted molar refractivity (Wildman–Crippen MR) is 109 cm³/mol. The number of halogens is 1. The lowest BCUT2D eigenvalue weighted by Crippen LogP contribution is -2.21. The molecule has 5 nitrogen and oxygen atoms in total. The van der Waals surface area contributed by atoms with Crippen molar-refractivity contribution in [1.29, 1.82) is 0 Å². The molecule has 26 heavy (non-hydrogen) atoms. The average molecular weight is 369 g/mol. The third-order valence-corrected chi connectivity index (χ3v) is 3.73. The number of hydrogen-bond donors (Lipinski definition) is 2. The van der Waals surface area contributed by atoms with Gasteiger partial charge in [-0.3, -0.25) is 4.79 Å². The van der Waals surface area contributed by atoms with E-state index in [0.29, 0.717) is 22.1 Å². The fourth-order valence-electron chi connectivity index (χ4n) is 2.20. The molecule has 0 fully saturated rings. The summed E-state index contributed by atoms with van der Waals surface area (Å²) in [6, 6.07) is 14.4. The Labute approximate surface area is 158 Å². The Morgan fingerprint density at radius 2 is 1.69 bits per heavy atom. The van der Waals surface area contributed by atoms with Crippen molar-refractivity contribution in [2.45, 2.75) is 0 Å². The molecule has 0 saturated heterocycles. The van der Waals surface area contributed by atoms with Gasteiger partial charge in [-0.25, -0.2) is 4.99 Å². The quantitative estimate of drug-likeness (QED) is 0.760. The van der Waals surface area contributed by atoms with Gasteiger partial charge in [0.1, 0.15) is 5.82 Å². The molecule has 0 aliphatic rings. The maximum Gasteiger partial charge on any atom is 0.253 e. The van der Waals surface area contributed by atoms with Gasteiger partial charge in [0.25, 0.3) is 5.91 Å². The molecule has 2 rings (SSSR count). The van der Waals surface area contributed by atoms with Crippen molar-refractivity contribution in [3.05, 3.63) is 89.4 Å². The van der Waals surface area contributed by atoms with E-state index in [4.69, 9.17) is 17.3 Å². The number of amides is 1. The van der Waals surface area contributed by atoms with E-state index in [1.165, 1.54) is 11.1 Å². The molecule has 134 valence electrons. The summed E-state index contributed by atoms with van der Waals surface area (Å²) in [5.41, 5.74) is 8.43. The minimum Gasteiger partial charge on any atom is -0.405 e. The van der Waals surface area contributed by atoms with Gasteiger partial charge in [-0.15, -0.1) is 0 Å². The molecule has 2 aromatic carbocycles. The maximum atomic E-state index is 11.9. The lowest BCUT2D eigenvalue weighted by molar-refractivity contribution is 0.0827. The van der Waals surface area contributed by atoms with Crippen molar-refractivity contribution < 1.29 is 4.79 Å². The van der Waals surface area contributed by atoms with E-state index in [1.807, 2.05) is 12.1 Å². The predicted octanol–water partition coefficient (Wildman–Crippen LogP) is 3.89. The highest BCUT2D eigenvalue weighted by Crippen LogP contribution is 2.15. The largest absolute Gasteiger partial charge is 0.405 e. The van der Waals surface area contributed by atoms with Crippen molar-refractivity contribution in [3.63, 3.8) is 0 Å². The van der Waals surface area contributed by atoms with Crippen LogP contribution in [0.15, 0.2) is 78.2 Å². The summed E-state index contributed by atoms with van der Waals surface area (Å²) < 4.78 is 0. The smallest absolute Gasteiger partial charge is 0.253 e. The van der Waals surface area contributed by atoms with Gasteiger partial charge in [0.05, 0.1) is 5.71 Å². The van der Waals surface area contributed by atoms with Crippen LogP contribution in [-0.2, 0) is 0 Å². The highest BCUT2D eigenvalue weighted by Gasteiger charge is 2.07. The third-order valence-electron chi connectivity index (χ3n) is 3.48. The molecular formula is C20H21ClN4O. The summed E-state index contributed by atoms with van der Waals surface area (Å²) in [5, 5.41) is 3.75. The molecule has 2 aromatic rings. The van der Waals surface area contributed by atoms with Gasteiger partial charge in [-0.05, 0) is 48.7 Å². The number of carbonyl (C=O) groups excluding carboxylic acids is 1. The normalized spacial score (nSPS) is 11.4. The molecule has 0 radical (unpaired) electrons. The van der Waals surface area contributed by atoms with Crippen LogP contribution < -0.4 is 11.1 Å². The molecule has 0 atom stereocenters. The van der Waals surface area contributed by atoms with Crippen LogP contribution in [0.3, 0.4) is 0 Å². The average Bonchev–Trinajstić information content (AvgIpc) is 2.62. The first-order chi connectivity index (χ1) is 12.4. The summed E-state index contributed by atoms with van der Waals surface area (Å²) in [6.45, 7) is 3.93. The van der Waals surface area contributed by atoms with Gasteiger partial charge in [0.2, 0.25) is 0 Å². The zero-order valence-corrected chi connectivity index (χ0v) is 15.5. The van der Waals surface area contributed by atoms with Gasteiger partial charge >= 0.3 is 0 Å². The molecular weight excluding hydrogens is 348 g/mol. The standard InChI is InChI=1S/C20H21ClN4O/c1-14(23-18-10-6-16(7-11-18)20(26)25(2)3)24-19(12-13-22)15-4-8-17(21)9-5-15/h4-13,23H,1,22H2,2-3H3/b13-12-,24-19?. The summed E-state index contributed by atoms with van der Waals surface area (Å²) in [7, 11) is 3.43. The van der Waals surface area contributed by atoms with E-state index in [2.05, 4.69) is 16.9 Å². The summed E-state index contributed by atoms with van der Waals surface area (Å²) in [5.74, 6) is 0.395. The summed E-state index contributed by atoms with van der Waals surface area (Å²) in [4.78, 5) is 17.9. The number of nitrogens with two attached hydrogens (primary N) is 1. The fourth-order valence-corrected chi connectivity index (χ4v) is 2.33. The monoisotopic (exact) mass is 368 g/mol. The molecule has 0 aliphatic carbocycles. The van der Waals surface area contributed by atoms with E-state index >= 15 is 0 Å². The van der Waals surface area contributed by atoms with Crippen LogP contribution in [0.1, 0.15) is 15.9 Å². The Bertz CT molecular complexity index is 837. The van der Waals surface area contributed by atoms with E-state index in [1.54, 1.807) is 56.6 Å². The van der Waals surface area contributed by atoms with Crippen LogP contribution >= 0.6 is 11.6 Å². The number of allylic oxidation sites excluding steroid dienone is 1. The first kappa shape index (κ1) is 19.3. The fraction of sp³-hybridized carbons (Fsp3) is 0.100. The first-order valence-electron chi connectivity index (χ1n) is 7.91. The van der Waals surface area contributed by atoms with Gasteiger partial charge < -0.3 is 16.0 Å². The maximum absolute atomic E-state index is 11.9. The van der Waals surface area contributed by atoms with Gasteiger partial charge in [0.15, 0.2) is 0 Å². The van der Waals surface area contributed by atoms with Gasteiger partial charge in [-0.1, -0.05) is 30.3 Å². The zero-order valence-electron chi connectivity index (χ0n) is 14.7. The van der Waals surface area contributed by atoms with Crippen molar-refractivity contribution in [2.24, 2.45) is 10.7 Å². The molecule has 0 saturated carbocycles. The van der Waals surface area contributed by atoms with Crippen LogP contribution in [0, 0.1) is 0 Å². The number of benzene rings is 2. The third kappa shape index (κ3) is 5.22. The second-order valence-electron chi connectivity index (χ2n) is 5.71. The summed E-state index contributed by atoms with van der Waals surface area (Å²) >= 11 is 5.92. The van der Waals surface area contributed by atoms with Crippen molar-refractivity contribution >= 4 is 28.9 Å². The van der Waals surface area contributed by atoms with E-state index in [0.717, 1.165) is 11.3 Å². The van der Waals surface area contributed by atoms with Gasteiger partial charge in [-0.2, -0.15) is 0 Å². The second kappa shape index (κ2) is 8.87. The van der Waals surface area contributed by atoms with Crippen LogP contribution in [0.4, 0.5) is 5.69 Å². The number of rotatable bonds is 6. The Balaban J connectivity index is 2.15. The number of anilines is 1. The highest BCUT2D eigenvalue weighted by molar-refractivity contribution is 6.30. The van der Waals surface area contributed by atoms with E-state index < -0.39 is 0 Å². The zero-order chi connectivity index (χ0) is 19.1. The van der Waals surface area contributed by atoms with E-state index in [9.17, 15) is 4.79 Å².